The smallest absolute Gasteiger partial charge is 0.253 e. The van der Waals surface area contributed by atoms with E-state index in [0.29, 0.717) is 31.8 Å². The monoisotopic (exact) mass is 305 g/mol. The number of nitrogens with one attached hydrogen (secondary N) is 1. The van der Waals surface area contributed by atoms with Gasteiger partial charge < -0.3 is 20.7 Å². The summed E-state index contributed by atoms with van der Waals surface area (Å²) < 4.78 is 5.52. The predicted molar refractivity (Wildman–Crippen MR) is 83.7 cm³/mol. The summed E-state index contributed by atoms with van der Waals surface area (Å²) in [6.07, 6.45) is 1.60. The van der Waals surface area contributed by atoms with E-state index in [4.69, 9.17) is 10.5 Å². The van der Waals surface area contributed by atoms with Gasteiger partial charge in [0.15, 0.2) is 0 Å². The topological polar surface area (TPSA) is 84.7 Å². The zero-order chi connectivity index (χ0) is 15.9. The van der Waals surface area contributed by atoms with Crippen molar-refractivity contribution in [2.75, 3.05) is 26.2 Å². The SMILES string of the molecule is CC(=O)NC1CCN(C(=O)c2ccc(OCCCN)cc2)C1. The van der Waals surface area contributed by atoms with Crippen LogP contribution in [0.1, 0.15) is 30.1 Å². The van der Waals surface area contributed by atoms with Crippen LogP contribution in [0.3, 0.4) is 0 Å². The van der Waals surface area contributed by atoms with E-state index >= 15 is 0 Å². The van der Waals surface area contributed by atoms with Gasteiger partial charge in [0.1, 0.15) is 5.75 Å². The predicted octanol–water partition coefficient (Wildman–Crippen LogP) is 0.765. The Morgan fingerprint density at radius 2 is 2.09 bits per heavy atom. The Hall–Kier alpha value is -2.08. The van der Waals surface area contributed by atoms with Crippen molar-refractivity contribution in [2.45, 2.75) is 25.8 Å². The minimum Gasteiger partial charge on any atom is -0.494 e. The second kappa shape index (κ2) is 7.79. The number of carbonyl (C=O) groups excluding carboxylic acids is 2. The van der Waals surface area contributed by atoms with Crippen LogP contribution in [0.2, 0.25) is 0 Å². The minimum absolute atomic E-state index is 0.0126. The molecule has 1 unspecified atom stereocenters. The molecular formula is C16H23N3O3. The molecule has 120 valence electrons. The van der Waals surface area contributed by atoms with Crippen LogP contribution in [0.4, 0.5) is 0 Å². The minimum atomic E-state index is -0.0571. The van der Waals surface area contributed by atoms with Crippen LogP contribution in [0.15, 0.2) is 24.3 Å². The van der Waals surface area contributed by atoms with E-state index in [1.165, 1.54) is 6.92 Å². The molecule has 0 radical (unpaired) electrons. The molecule has 1 aromatic rings. The zero-order valence-electron chi connectivity index (χ0n) is 12.9. The van der Waals surface area contributed by atoms with Crippen LogP contribution in [0, 0.1) is 0 Å². The molecule has 2 rings (SSSR count). The molecule has 0 bridgehead atoms. The second-order valence-corrected chi connectivity index (χ2v) is 5.45. The largest absolute Gasteiger partial charge is 0.494 e. The highest BCUT2D eigenvalue weighted by molar-refractivity contribution is 5.94. The molecule has 1 atom stereocenters. The maximum Gasteiger partial charge on any atom is 0.253 e. The highest BCUT2D eigenvalue weighted by Gasteiger charge is 2.27. The van der Waals surface area contributed by atoms with Gasteiger partial charge in [-0.1, -0.05) is 0 Å². The van der Waals surface area contributed by atoms with Crippen molar-refractivity contribution in [1.29, 1.82) is 0 Å². The number of carbonyl (C=O) groups is 2. The van der Waals surface area contributed by atoms with Gasteiger partial charge in [-0.25, -0.2) is 0 Å². The van der Waals surface area contributed by atoms with E-state index in [0.717, 1.165) is 18.6 Å². The molecule has 0 saturated carbocycles. The summed E-state index contributed by atoms with van der Waals surface area (Å²) in [6.45, 7) is 3.90. The molecule has 1 heterocycles. The van der Waals surface area contributed by atoms with Crippen molar-refractivity contribution in [3.63, 3.8) is 0 Å². The van der Waals surface area contributed by atoms with Gasteiger partial charge in [0, 0.05) is 31.6 Å². The second-order valence-electron chi connectivity index (χ2n) is 5.45. The Kier molecular flexibility index (Phi) is 5.77. The third-order valence-corrected chi connectivity index (χ3v) is 3.60. The fourth-order valence-electron chi connectivity index (χ4n) is 2.50. The van der Waals surface area contributed by atoms with Crippen molar-refractivity contribution in [3.05, 3.63) is 29.8 Å². The van der Waals surface area contributed by atoms with Crippen LogP contribution in [-0.2, 0) is 4.79 Å². The highest BCUT2D eigenvalue weighted by Crippen LogP contribution is 2.17. The fraction of sp³-hybridized carbons (Fsp3) is 0.500. The molecular weight excluding hydrogens is 282 g/mol. The van der Waals surface area contributed by atoms with Crippen molar-refractivity contribution in [3.8, 4) is 5.75 Å². The molecule has 0 spiro atoms. The zero-order valence-corrected chi connectivity index (χ0v) is 12.9. The lowest BCUT2D eigenvalue weighted by Gasteiger charge is -2.17. The molecule has 1 saturated heterocycles. The number of hydrogen-bond donors (Lipinski definition) is 2. The highest BCUT2D eigenvalue weighted by atomic mass is 16.5. The fourth-order valence-corrected chi connectivity index (χ4v) is 2.50. The Bertz CT molecular complexity index is 516. The number of amides is 2. The summed E-state index contributed by atoms with van der Waals surface area (Å²) in [5.41, 5.74) is 6.05. The lowest BCUT2D eigenvalue weighted by Crippen LogP contribution is -2.37. The molecule has 0 aliphatic carbocycles. The van der Waals surface area contributed by atoms with Crippen LogP contribution < -0.4 is 15.8 Å². The van der Waals surface area contributed by atoms with E-state index in [1.54, 1.807) is 29.2 Å². The Morgan fingerprint density at radius 1 is 1.36 bits per heavy atom. The first-order chi connectivity index (χ1) is 10.6. The molecule has 1 aliphatic heterocycles. The van der Waals surface area contributed by atoms with Crippen LogP contribution in [-0.4, -0.2) is 49.0 Å². The first-order valence-corrected chi connectivity index (χ1v) is 7.59. The summed E-state index contributed by atoms with van der Waals surface area (Å²) in [6, 6.07) is 7.19. The van der Waals surface area contributed by atoms with Crippen molar-refractivity contribution < 1.29 is 14.3 Å². The Morgan fingerprint density at radius 3 is 2.73 bits per heavy atom. The van der Waals surface area contributed by atoms with Crippen LogP contribution in [0.25, 0.3) is 0 Å². The van der Waals surface area contributed by atoms with Gasteiger partial charge in [-0.15, -0.1) is 0 Å². The Labute approximate surface area is 130 Å². The number of hydrogen-bond acceptors (Lipinski definition) is 4. The van der Waals surface area contributed by atoms with E-state index in [2.05, 4.69) is 5.32 Å². The summed E-state index contributed by atoms with van der Waals surface area (Å²) >= 11 is 0. The first kappa shape index (κ1) is 16.3. The van der Waals surface area contributed by atoms with Crippen LogP contribution in [0.5, 0.6) is 5.75 Å². The molecule has 2 amide bonds. The van der Waals surface area contributed by atoms with Gasteiger partial charge in [0.2, 0.25) is 5.91 Å². The summed E-state index contributed by atoms with van der Waals surface area (Å²) in [4.78, 5) is 25.2. The van der Waals surface area contributed by atoms with Gasteiger partial charge in [-0.05, 0) is 43.7 Å². The number of nitrogens with two attached hydrogens (primary N) is 1. The van der Waals surface area contributed by atoms with Crippen molar-refractivity contribution in [1.82, 2.24) is 10.2 Å². The van der Waals surface area contributed by atoms with Gasteiger partial charge in [-0.2, -0.15) is 0 Å². The Balaban J connectivity index is 1.89. The lowest BCUT2D eigenvalue weighted by atomic mass is 10.2. The third-order valence-electron chi connectivity index (χ3n) is 3.60. The van der Waals surface area contributed by atoms with Crippen LogP contribution >= 0.6 is 0 Å². The summed E-state index contributed by atoms with van der Waals surface area (Å²) in [7, 11) is 0. The third kappa shape index (κ3) is 4.46. The molecule has 1 fully saturated rings. The molecule has 0 aromatic heterocycles. The van der Waals surface area contributed by atoms with E-state index in [9.17, 15) is 9.59 Å². The summed E-state index contributed by atoms with van der Waals surface area (Å²) in [5, 5.41) is 2.85. The van der Waals surface area contributed by atoms with Crippen molar-refractivity contribution >= 4 is 11.8 Å². The van der Waals surface area contributed by atoms with E-state index < -0.39 is 0 Å². The van der Waals surface area contributed by atoms with E-state index in [-0.39, 0.29) is 17.9 Å². The quantitative estimate of drug-likeness (QED) is 0.760. The number of benzene rings is 1. The molecule has 6 heteroatoms. The first-order valence-electron chi connectivity index (χ1n) is 7.59. The van der Waals surface area contributed by atoms with E-state index in [1.807, 2.05) is 0 Å². The average Bonchev–Trinajstić information content (AvgIpc) is 2.95. The number of likely N-dealkylation sites (tertiary alicyclic amines) is 1. The molecule has 6 nitrogen and oxygen atoms in total. The van der Waals surface area contributed by atoms with Gasteiger partial charge in [-0.3, -0.25) is 9.59 Å². The van der Waals surface area contributed by atoms with Gasteiger partial charge in [0.05, 0.1) is 6.61 Å². The van der Waals surface area contributed by atoms with Gasteiger partial charge in [0.25, 0.3) is 5.91 Å². The molecule has 22 heavy (non-hydrogen) atoms. The molecule has 3 N–H and O–H groups in total. The lowest BCUT2D eigenvalue weighted by molar-refractivity contribution is -0.119. The number of rotatable bonds is 6. The van der Waals surface area contributed by atoms with Crippen molar-refractivity contribution in [2.24, 2.45) is 5.73 Å². The summed E-state index contributed by atoms with van der Waals surface area (Å²) in [5.74, 6) is 0.669. The molecule has 1 aliphatic rings. The maximum absolute atomic E-state index is 12.4. The number of ether oxygens (including phenoxy) is 1. The van der Waals surface area contributed by atoms with Gasteiger partial charge >= 0.3 is 0 Å². The average molecular weight is 305 g/mol. The standard InChI is InChI=1S/C16H23N3O3/c1-12(20)18-14-7-9-19(11-14)16(21)13-3-5-15(6-4-13)22-10-2-8-17/h3-6,14H,2,7-11,17H2,1H3,(H,18,20). The number of nitrogens with zero attached hydrogens (tertiary/aromatic N) is 1. The maximum atomic E-state index is 12.4. The molecule has 1 aromatic carbocycles. The normalized spacial score (nSPS) is 17.4.